The summed E-state index contributed by atoms with van der Waals surface area (Å²) in [6.45, 7) is 0. The normalized spacial score (nSPS) is 10.1. The van der Waals surface area contributed by atoms with Gasteiger partial charge in [-0.25, -0.2) is 0 Å². The number of hydrogen-bond donors (Lipinski definition) is 1. The fourth-order valence-electron chi connectivity index (χ4n) is 2.34. The van der Waals surface area contributed by atoms with Gasteiger partial charge in [0.15, 0.2) is 0 Å². The second-order valence-electron chi connectivity index (χ2n) is 6.06. The molecule has 0 radical (unpaired) electrons. The first-order valence-corrected chi connectivity index (χ1v) is 12.7. The lowest BCUT2D eigenvalue weighted by Gasteiger charge is -2.02. The molecule has 0 heterocycles. The van der Waals surface area contributed by atoms with Crippen LogP contribution in [0.3, 0.4) is 0 Å². The van der Waals surface area contributed by atoms with Crippen molar-refractivity contribution in [3.8, 4) is 5.75 Å². The lowest BCUT2D eigenvalue weighted by atomic mass is 10.3. The Labute approximate surface area is 196 Å². The Morgan fingerprint density at radius 1 is 0.533 bits per heavy atom. The van der Waals surface area contributed by atoms with Crippen LogP contribution in [0.5, 0.6) is 5.75 Å². The van der Waals surface area contributed by atoms with E-state index in [1.54, 1.807) is 40.5 Å². The van der Waals surface area contributed by atoms with Crippen LogP contribution in [0.1, 0.15) is 0 Å². The molecule has 0 N–H and O–H groups in total. The van der Waals surface area contributed by atoms with E-state index in [0.29, 0.717) is 0 Å². The van der Waals surface area contributed by atoms with E-state index >= 15 is 0 Å². The number of thiol groups is 1. The van der Waals surface area contributed by atoms with Crippen molar-refractivity contribution in [3.63, 3.8) is 0 Å². The summed E-state index contributed by atoms with van der Waals surface area (Å²) in [6.07, 6.45) is 0. The Balaban J connectivity index is 0.000000172. The third-order valence-corrected chi connectivity index (χ3v) is 7.58. The van der Waals surface area contributed by atoms with Crippen molar-refractivity contribution in [3.05, 3.63) is 109 Å². The van der Waals surface area contributed by atoms with Crippen LogP contribution in [0, 0.1) is 0 Å². The highest BCUT2D eigenvalue weighted by Gasteiger charge is 1.98. The number of ether oxygens (including phenoxy) is 1. The largest absolute Gasteiger partial charge is 0.497 e. The molecule has 0 aliphatic heterocycles. The zero-order valence-corrected chi connectivity index (χ0v) is 19.8. The molecule has 0 aliphatic carbocycles. The number of methoxy groups -OCH3 is 1. The van der Waals surface area contributed by atoms with E-state index in [0.717, 1.165) is 10.6 Å². The van der Waals surface area contributed by atoms with Crippen molar-refractivity contribution < 1.29 is 4.74 Å². The molecule has 0 saturated heterocycles. The fourth-order valence-corrected chi connectivity index (χ4v) is 5.28. The van der Waals surface area contributed by atoms with Gasteiger partial charge in [-0.1, -0.05) is 69.7 Å². The third-order valence-electron chi connectivity index (χ3n) is 3.85. The molecule has 152 valence electrons. The summed E-state index contributed by atoms with van der Waals surface area (Å²) in [5.74, 6) is 0.897. The Kier molecular flexibility index (Phi) is 9.64. The molecule has 0 amide bonds. The van der Waals surface area contributed by atoms with Crippen molar-refractivity contribution in [1.82, 2.24) is 0 Å². The zero-order valence-electron chi connectivity index (χ0n) is 16.5. The summed E-state index contributed by atoms with van der Waals surface area (Å²) in [4.78, 5) is 6.01. The number of rotatable bonds is 6. The van der Waals surface area contributed by atoms with Crippen molar-refractivity contribution in [2.45, 2.75) is 24.5 Å². The smallest absolute Gasteiger partial charge is 0.118 e. The molecule has 0 unspecified atom stereocenters. The quantitative estimate of drug-likeness (QED) is 0.225. The van der Waals surface area contributed by atoms with E-state index in [1.165, 1.54) is 19.6 Å². The maximum atomic E-state index is 5.12. The van der Waals surface area contributed by atoms with Gasteiger partial charge in [0.1, 0.15) is 5.75 Å². The van der Waals surface area contributed by atoms with Crippen molar-refractivity contribution >= 4 is 46.0 Å². The van der Waals surface area contributed by atoms with E-state index in [2.05, 4.69) is 85.4 Å². The van der Waals surface area contributed by atoms with Crippen LogP contribution in [0.15, 0.2) is 134 Å². The molecule has 4 aromatic carbocycles. The van der Waals surface area contributed by atoms with Crippen molar-refractivity contribution in [1.29, 1.82) is 0 Å². The molecule has 4 rings (SSSR count). The highest BCUT2D eigenvalue weighted by Crippen LogP contribution is 2.37. The van der Waals surface area contributed by atoms with Crippen LogP contribution < -0.4 is 4.74 Å². The lowest BCUT2D eigenvalue weighted by molar-refractivity contribution is 0.414. The SMILES string of the molecule is COc1ccc(SSc2ccccc2)cc1.Sc1ccc(Sc2ccccc2)cc1. The lowest BCUT2D eigenvalue weighted by Crippen LogP contribution is -1.80. The minimum atomic E-state index is 0.897. The summed E-state index contributed by atoms with van der Waals surface area (Å²) >= 11 is 6.01. The standard InChI is InChI=1S/C13H12OS2.C12H10S2/c1-14-11-7-9-13(10-8-11)16-15-12-5-3-2-4-6-12;13-10-6-8-12(9-7-10)14-11-4-2-1-3-5-11/h2-10H,1H3;1-9,13H. The minimum Gasteiger partial charge on any atom is -0.497 e. The van der Waals surface area contributed by atoms with E-state index in [9.17, 15) is 0 Å². The predicted octanol–water partition coefficient (Wildman–Crippen LogP) is 8.62. The van der Waals surface area contributed by atoms with E-state index < -0.39 is 0 Å². The van der Waals surface area contributed by atoms with Gasteiger partial charge >= 0.3 is 0 Å². The Morgan fingerprint density at radius 2 is 0.967 bits per heavy atom. The summed E-state index contributed by atoms with van der Waals surface area (Å²) in [6, 6.07) is 37.0. The Hall–Kier alpha value is -1.92. The highest BCUT2D eigenvalue weighted by atomic mass is 33.1. The molecular weight excluding hydrogens is 445 g/mol. The first kappa shape index (κ1) is 22.8. The first-order chi connectivity index (χ1) is 14.7. The summed E-state index contributed by atoms with van der Waals surface area (Å²) in [7, 11) is 5.20. The summed E-state index contributed by atoms with van der Waals surface area (Å²) < 4.78 is 5.12. The van der Waals surface area contributed by atoms with Gasteiger partial charge in [-0.15, -0.1) is 12.6 Å². The van der Waals surface area contributed by atoms with Gasteiger partial charge in [-0.2, -0.15) is 0 Å². The average molecular weight is 467 g/mol. The van der Waals surface area contributed by atoms with Gasteiger partial charge in [0, 0.05) is 24.5 Å². The highest BCUT2D eigenvalue weighted by molar-refractivity contribution is 8.76. The third kappa shape index (κ3) is 8.07. The van der Waals surface area contributed by atoms with E-state index in [1.807, 2.05) is 36.4 Å². The van der Waals surface area contributed by atoms with Crippen LogP contribution in [0.4, 0.5) is 0 Å². The molecule has 0 aliphatic rings. The Bertz CT molecular complexity index is 989. The predicted molar refractivity (Wildman–Crippen MR) is 135 cm³/mol. The number of benzene rings is 4. The second kappa shape index (κ2) is 12.7. The van der Waals surface area contributed by atoms with Crippen LogP contribution in [0.2, 0.25) is 0 Å². The topological polar surface area (TPSA) is 9.23 Å². The van der Waals surface area contributed by atoms with Gasteiger partial charge in [-0.3, -0.25) is 0 Å². The average Bonchev–Trinajstić information content (AvgIpc) is 2.81. The van der Waals surface area contributed by atoms with Gasteiger partial charge < -0.3 is 4.74 Å². The van der Waals surface area contributed by atoms with Crippen molar-refractivity contribution in [2.75, 3.05) is 7.11 Å². The molecular formula is C25H22OS4. The second-order valence-corrected chi connectivity index (χ2v) is 10.0. The zero-order chi connectivity index (χ0) is 21.0. The maximum Gasteiger partial charge on any atom is 0.118 e. The van der Waals surface area contributed by atoms with Crippen LogP contribution >= 0.6 is 46.0 Å². The monoisotopic (exact) mass is 466 g/mol. The molecule has 4 aromatic rings. The molecule has 0 spiro atoms. The molecule has 30 heavy (non-hydrogen) atoms. The summed E-state index contributed by atoms with van der Waals surface area (Å²) in [5.41, 5.74) is 0. The fraction of sp³-hybridized carbons (Fsp3) is 0.0400. The molecule has 1 nitrogen and oxygen atoms in total. The number of hydrogen-bond acceptors (Lipinski definition) is 5. The molecule has 0 fully saturated rings. The first-order valence-electron chi connectivity index (χ1n) is 9.28. The van der Waals surface area contributed by atoms with Crippen LogP contribution in [-0.4, -0.2) is 7.11 Å². The van der Waals surface area contributed by atoms with Crippen LogP contribution in [-0.2, 0) is 0 Å². The van der Waals surface area contributed by atoms with E-state index in [4.69, 9.17) is 4.74 Å². The molecule has 0 aromatic heterocycles. The maximum absolute atomic E-state index is 5.12. The van der Waals surface area contributed by atoms with Gasteiger partial charge in [-0.05, 0) is 72.8 Å². The van der Waals surface area contributed by atoms with Gasteiger partial charge in [0.25, 0.3) is 0 Å². The van der Waals surface area contributed by atoms with E-state index in [-0.39, 0.29) is 0 Å². The summed E-state index contributed by atoms with van der Waals surface area (Å²) in [5, 5.41) is 0. The molecule has 0 saturated carbocycles. The Morgan fingerprint density at radius 3 is 1.50 bits per heavy atom. The van der Waals surface area contributed by atoms with Crippen molar-refractivity contribution in [2.24, 2.45) is 0 Å². The minimum absolute atomic E-state index is 0.897. The van der Waals surface area contributed by atoms with Gasteiger partial charge in [0.05, 0.1) is 7.11 Å². The molecule has 0 atom stereocenters. The van der Waals surface area contributed by atoms with Gasteiger partial charge in [0.2, 0.25) is 0 Å². The molecule has 0 bridgehead atoms. The molecule has 5 heteroatoms. The van der Waals surface area contributed by atoms with Crippen LogP contribution in [0.25, 0.3) is 0 Å².